The van der Waals surface area contributed by atoms with E-state index < -0.39 is 0 Å². The molecule has 78 valence electrons. The summed E-state index contributed by atoms with van der Waals surface area (Å²) in [4.78, 5) is 2.37. The SMILES string of the molecule is CN1CCCCC1c1nnc(CN)s1. The first-order valence-corrected chi connectivity index (χ1v) is 5.85. The highest BCUT2D eigenvalue weighted by molar-refractivity contribution is 7.11. The minimum atomic E-state index is 0.474. The van der Waals surface area contributed by atoms with E-state index in [1.807, 2.05) is 0 Å². The van der Waals surface area contributed by atoms with Gasteiger partial charge in [0, 0.05) is 6.54 Å². The monoisotopic (exact) mass is 212 g/mol. The first-order chi connectivity index (χ1) is 6.81. The third kappa shape index (κ3) is 1.94. The quantitative estimate of drug-likeness (QED) is 0.799. The molecule has 0 saturated carbocycles. The van der Waals surface area contributed by atoms with Gasteiger partial charge in [0.05, 0.1) is 6.04 Å². The summed E-state index contributed by atoms with van der Waals surface area (Å²) in [5.41, 5.74) is 5.52. The maximum Gasteiger partial charge on any atom is 0.134 e. The molecule has 5 heteroatoms. The Labute approximate surface area is 88.1 Å². The highest BCUT2D eigenvalue weighted by Crippen LogP contribution is 2.30. The minimum absolute atomic E-state index is 0.474. The van der Waals surface area contributed by atoms with Gasteiger partial charge in [-0.2, -0.15) is 0 Å². The Bertz CT molecular complexity index is 299. The third-order valence-corrected chi connectivity index (χ3v) is 3.76. The molecule has 0 amide bonds. The lowest BCUT2D eigenvalue weighted by atomic mass is 10.0. The minimum Gasteiger partial charge on any atom is -0.324 e. The molecule has 2 rings (SSSR count). The Morgan fingerprint density at radius 2 is 2.36 bits per heavy atom. The second-order valence-corrected chi connectivity index (χ2v) is 4.82. The van der Waals surface area contributed by atoms with Gasteiger partial charge in [0.2, 0.25) is 0 Å². The van der Waals surface area contributed by atoms with E-state index in [2.05, 4.69) is 22.1 Å². The van der Waals surface area contributed by atoms with E-state index >= 15 is 0 Å². The Morgan fingerprint density at radius 1 is 1.50 bits per heavy atom. The van der Waals surface area contributed by atoms with Crippen molar-refractivity contribution in [3.8, 4) is 0 Å². The van der Waals surface area contributed by atoms with Crippen LogP contribution in [0, 0.1) is 0 Å². The lowest BCUT2D eigenvalue weighted by molar-refractivity contribution is 0.186. The van der Waals surface area contributed by atoms with Crippen LogP contribution in [-0.4, -0.2) is 28.7 Å². The average Bonchev–Trinajstić information content (AvgIpc) is 2.67. The summed E-state index contributed by atoms with van der Waals surface area (Å²) in [6.07, 6.45) is 3.80. The highest BCUT2D eigenvalue weighted by atomic mass is 32.1. The average molecular weight is 212 g/mol. The second-order valence-electron chi connectivity index (χ2n) is 3.73. The first-order valence-electron chi connectivity index (χ1n) is 5.04. The molecule has 0 aromatic carbocycles. The number of rotatable bonds is 2. The van der Waals surface area contributed by atoms with Crippen molar-refractivity contribution in [3.05, 3.63) is 10.0 Å². The number of hydrogen-bond donors (Lipinski definition) is 1. The number of nitrogens with zero attached hydrogens (tertiary/aromatic N) is 3. The van der Waals surface area contributed by atoms with Gasteiger partial charge in [0.25, 0.3) is 0 Å². The van der Waals surface area contributed by atoms with E-state index in [0.717, 1.165) is 10.0 Å². The van der Waals surface area contributed by atoms with Crippen LogP contribution in [0.15, 0.2) is 0 Å². The first kappa shape index (κ1) is 10.0. The zero-order valence-electron chi connectivity index (χ0n) is 8.44. The van der Waals surface area contributed by atoms with Gasteiger partial charge in [-0.05, 0) is 26.4 Å². The summed E-state index contributed by atoms with van der Waals surface area (Å²) in [6.45, 7) is 1.68. The highest BCUT2D eigenvalue weighted by Gasteiger charge is 2.23. The predicted molar refractivity (Wildman–Crippen MR) is 57.0 cm³/mol. The van der Waals surface area contributed by atoms with Gasteiger partial charge in [-0.3, -0.25) is 4.90 Å². The zero-order chi connectivity index (χ0) is 9.97. The molecule has 2 N–H and O–H groups in total. The van der Waals surface area contributed by atoms with Crippen molar-refractivity contribution in [2.45, 2.75) is 31.8 Å². The number of likely N-dealkylation sites (tertiary alicyclic amines) is 1. The molecule has 1 unspecified atom stereocenters. The second kappa shape index (κ2) is 4.33. The van der Waals surface area contributed by atoms with E-state index in [1.54, 1.807) is 11.3 Å². The van der Waals surface area contributed by atoms with Crippen LogP contribution in [0.4, 0.5) is 0 Å². The summed E-state index contributed by atoms with van der Waals surface area (Å²) >= 11 is 1.65. The van der Waals surface area contributed by atoms with Crippen LogP contribution in [-0.2, 0) is 6.54 Å². The molecule has 1 aliphatic heterocycles. The molecule has 1 saturated heterocycles. The van der Waals surface area contributed by atoms with Gasteiger partial charge < -0.3 is 5.73 Å². The van der Waals surface area contributed by atoms with Crippen LogP contribution in [0.25, 0.3) is 0 Å². The molecule has 1 fully saturated rings. The molecule has 4 nitrogen and oxygen atoms in total. The molecular weight excluding hydrogens is 196 g/mol. The van der Waals surface area contributed by atoms with Gasteiger partial charge in [-0.15, -0.1) is 10.2 Å². The molecule has 1 aliphatic rings. The number of nitrogens with two attached hydrogens (primary N) is 1. The standard InChI is InChI=1S/C9H16N4S/c1-13-5-3-2-4-7(13)9-12-11-8(6-10)14-9/h7H,2-6,10H2,1H3. The van der Waals surface area contributed by atoms with Crippen LogP contribution < -0.4 is 5.73 Å². The van der Waals surface area contributed by atoms with E-state index in [0.29, 0.717) is 12.6 Å². The van der Waals surface area contributed by atoms with Gasteiger partial charge >= 0.3 is 0 Å². The van der Waals surface area contributed by atoms with Crippen molar-refractivity contribution >= 4 is 11.3 Å². The molecular formula is C9H16N4S. The fraction of sp³-hybridized carbons (Fsp3) is 0.778. The van der Waals surface area contributed by atoms with Gasteiger partial charge in [-0.25, -0.2) is 0 Å². The maximum atomic E-state index is 5.52. The van der Waals surface area contributed by atoms with Crippen molar-refractivity contribution in [1.82, 2.24) is 15.1 Å². The number of piperidine rings is 1. The summed E-state index contributed by atoms with van der Waals surface area (Å²) < 4.78 is 0. The van der Waals surface area contributed by atoms with Crippen molar-refractivity contribution in [1.29, 1.82) is 0 Å². The van der Waals surface area contributed by atoms with E-state index in [9.17, 15) is 0 Å². The Morgan fingerprint density at radius 3 is 3.00 bits per heavy atom. The lowest BCUT2D eigenvalue weighted by Crippen LogP contribution is -2.29. The smallest absolute Gasteiger partial charge is 0.134 e. The van der Waals surface area contributed by atoms with Crippen LogP contribution >= 0.6 is 11.3 Å². The molecule has 0 radical (unpaired) electrons. The van der Waals surface area contributed by atoms with Crippen LogP contribution in [0.3, 0.4) is 0 Å². The molecule has 0 spiro atoms. The largest absolute Gasteiger partial charge is 0.324 e. The number of aromatic nitrogens is 2. The van der Waals surface area contributed by atoms with Gasteiger partial charge in [0.15, 0.2) is 0 Å². The Balaban J connectivity index is 2.12. The van der Waals surface area contributed by atoms with Crippen molar-refractivity contribution in [3.63, 3.8) is 0 Å². The lowest BCUT2D eigenvalue weighted by Gasteiger charge is -2.30. The van der Waals surface area contributed by atoms with E-state index in [4.69, 9.17) is 5.73 Å². The summed E-state index contributed by atoms with van der Waals surface area (Å²) in [7, 11) is 2.16. The van der Waals surface area contributed by atoms with Crippen molar-refractivity contribution in [2.75, 3.05) is 13.6 Å². The Hall–Kier alpha value is -0.520. The summed E-state index contributed by atoms with van der Waals surface area (Å²) in [6, 6.07) is 0.474. The third-order valence-electron chi connectivity index (χ3n) is 2.71. The molecule has 1 aromatic rings. The zero-order valence-corrected chi connectivity index (χ0v) is 9.26. The summed E-state index contributed by atoms with van der Waals surface area (Å²) in [5, 5.41) is 10.3. The fourth-order valence-corrected chi connectivity index (χ4v) is 2.79. The van der Waals surface area contributed by atoms with Crippen LogP contribution in [0.5, 0.6) is 0 Å². The molecule has 2 heterocycles. The number of hydrogen-bond acceptors (Lipinski definition) is 5. The van der Waals surface area contributed by atoms with Crippen LogP contribution in [0.1, 0.15) is 35.3 Å². The van der Waals surface area contributed by atoms with Gasteiger partial charge in [-0.1, -0.05) is 17.8 Å². The topological polar surface area (TPSA) is 55.0 Å². The Kier molecular flexibility index (Phi) is 3.10. The molecule has 1 atom stereocenters. The molecule has 0 bridgehead atoms. The van der Waals surface area contributed by atoms with Crippen LogP contribution in [0.2, 0.25) is 0 Å². The molecule has 1 aromatic heterocycles. The van der Waals surface area contributed by atoms with Crippen molar-refractivity contribution < 1.29 is 0 Å². The van der Waals surface area contributed by atoms with Crippen molar-refractivity contribution in [2.24, 2.45) is 5.73 Å². The molecule has 0 aliphatic carbocycles. The summed E-state index contributed by atoms with van der Waals surface area (Å²) in [5.74, 6) is 0. The maximum absolute atomic E-state index is 5.52. The fourth-order valence-electron chi connectivity index (χ4n) is 1.87. The van der Waals surface area contributed by atoms with E-state index in [1.165, 1.54) is 25.8 Å². The molecule has 14 heavy (non-hydrogen) atoms. The van der Waals surface area contributed by atoms with Gasteiger partial charge in [0.1, 0.15) is 10.0 Å². The van der Waals surface area contributed by atoms with E-state index in [-0.39, 0.29) is 0 Å². The predicted octanol–water partition coefficient (Wildman–Crippen LogP) is 1.15. The normalized spacial score (nSPS) is 24.0.